The van der Waals surface area contributed by atoms with Gasteiger partial charge in [-0.1, -0.05) is 43.3 Å². The van der Waals surface area contributed by atoms with Crippen molar-refractivity contribution >= 4 is 16.9 Å². The fourth-order valence-electron chi connectivity index (χ4n) is 3.25. The maximum Gasteiger partial charge on any atom is 0.200 e. The maximum atomic E-state index is 12.6. The molecule has 2 aromatic carbocycles. The standard InChI is InChI=1S/C21H21NO3/c1-2-15-6-8-16(9-7-15)17-4-3-5-18-19(23)14-20(25-21(17)18)22-10-12-24-13-11-22/h3-9,14H,2,10-13H2,1H3. The van der Waals surface area contributed by atoms with Gasteiger partial charge in [0.2, 0.25) is 0 Å². The van der Waals surface area contributed by atoms with E-state index in [1.54, 1.807) is 6.07 Å². The molecule has 0 atom stereocenters. The van der Waals surface area contributed by atoms with Crippen molar-refractivity contribution < 1.29 is 9.15 Å². The SMILES string of the molecule is CCc1ccc(-c2cccc3c(=O)cc(N4CCOCC4)oc23)cc1. The molecule has 0 bridgehead atoms. The van der Waals surface area contributed by atoms with Crippen LogP contribution in [-0.4, -0.2) is 26.3 Å². The predicted octanol–water partition coefficient (Wildman–Crippen LogP) is 3.86. The Kier molecular flexibility index (Phi) is 4.28. The van der Waals surface area contributed by atoms with Crippen LogP contribution < -0.4 is 10.3 Å². The maximum absolute atomic E-state index is 12.6. The number of anilines is 1. The third-order valence-corrected chi connectivity index (χ3v) is 4.74. The van der Waals surface area contributed by atoms with Crippen molar-refractivity contribution in [3.05, 3.63) is 64.3 Å². The van der Waals surface area contributed by atoms with Crippen molar-refractivity contribution in [3.63, 3.8) is 0 Å². The van der Waals surface area contributed by atoms with Gasteiger partial charge in [-0.05, 0) is 23.6 Å². The second-order valence-electron chi connectivity index (χ2n) is 6.28. The number of nitrogens with zero attached hydrogens (tertiary/aromatic N) is 1. The van der Waals surface area contributed by atoms with E-state index in [0.29, 0.717) is 30.1 Å². The van der Waals surface area contributed by atoms with Crippen LogP contribution in [0.25, 0.3) is 22.1 Å². The summed E-state index contributed by atoms with van der Waals surface area (Å²) in [5, 5.41) is 0.620. The molecule has 0 aliphatic carbocycles. The molecule has 4 rings (SSSR count). The molecule has 0 amide bonds. The Morgan fingerprint density at radius 2 is 1.80 bits per heavy atom. The minimum absolute atomic E-state index is 0.00484. The molecule has 3 aromatic rings. The van der Waals surface area contributed by atoms with Gasteiger partial charge in [0.05, 0.1) is 18.6 Å². The topological polar surface area (TPSA) is 42.7 Å². The second kappa shape index (κ2) is 6.73. The molecule has 1 aliphatic heterocycles. The van der Waals surface area contributed by atoms with Gasteiger partial charge in [0.1, 0.15) is 5.58 Å². The van der Waals surface area contributed by atoms with Gasteiger partial charge in [-0.3, -0.25) is 4.79 Å². The van der Waals surface area contributed by atoms with Crippen LogP contribution in [0.5, 0.6) is 0 Å². The van der Waals surface area contributed by atoms with E-state index in [4.69, 9.17) is 9.15 Å². The van der Waals surface area contributed by atoms with Crippen molar-refractivity contribution in [1.29, 1.82) is 0 Å². The molecular formula is C21H21NO3. The highest BCUT2D eigenvalue weighted by molar-refractivity contribution is 5.92. The Hall–Kier alpha value is -2.59. The summed E-state index contributed by atoms with van der Waals surface area (Å²) >= 11 is 0. The molecule has 1 saturated heterocycles. The van der Waals surface area contributed by atoms with Crippen LogP contribution in [0.3, 0.4) is 0 Å². The molecule has 0 unspecified atom stereocenters. The smallest absolute Gasteiger partial charge is 0.200 e. The zero-order valence-electron chi connectivity index (χ0n) is 14.3. The second-order valence-corrected chi connectivity index (χ2v) is 6.28. The molecule has 2 heterocycles. The molecule has 128 valence electrons. The molecule has 0 N–H and O–H groups in total. The molecule has 0 radical (unpaired) electrons. The number of para-hydroxylation sites is 1. The lowest BCUT2D eigenvalue weighted by Crippen LogP contribution is -2.36. The van der Waals surface area contributed by atoms with Crippen LogP contribution in [0, 0.1) is 0 Å². The summed E-state index contributed by atoms with van der Waals surface area (Å²) in [6.45, 7) is 4.92. The Bertz CT molecular complexity index is 938. The number of rotatable bonds is 3. The fraction of sp³-hybridized carbons (Fsp3) is 0.286. The van der Waals surface area contributed by atoms with Crippen molar-refractivity contribution in [2.24, 2.45) is 0 Å². The van der Waals surface area contributed by atoms with Gasteiger partial charge in [-0.25, -0.2) is 0 Å². The quantitative estimate of drug-likeness (QED) is 0.729. The summed E-state index contributed by atoms with van der Waals surface area (Å²) in [5.41, 5.74) is 3.95. The fourth-order valence-corrected chi connectivity index (χ4v) is 3.25. The first-order valence-corrected chi connectivity index (χ1v) is 8.75. The Balaban J connectivity index is 1.86. The lowest BCUT2D eigenvalue weighted by molar-refractivity contribution is 0.121. The monoisotopic (exact) mass is 335 g/mol. The van der Waals surface area contributed by atoms with Gasteiger partial charge < -0.3 is 14.1 Å². The highest BCUT2D eigenvalue weighted by Gasteiger charge is 2.17. The first-order valence-electron chi connectivity index (χ1n) is 8.75. The minimum Gasteiger partial charge on any atom is -0.440 e. The summed E-state index contributed by atoms with van der Waals surface area (Å²) in [4.78, 5) is 14.7. The lowest BCUT2D eigenvalue weighted by atomic mass is 10.0. The van der Waals surface area contributed by atoms with Gasteiger partial charge in [-0.15, -0.1) is 0 Å². The predicted molar refractivity (Wildman–Crippen MR) is 100 cm³/mol. The van der Waals surface area contributed by atoms with E-state index < -0.39 is 0 Å². The number of benzene rings is 2. The van der Waals surface area contributed by atoms with Gasteiger partial charge >= 0.3 is 0 Å². The van der Waals surface area contributed by atoms with Crippen molar-refractivity contribution in [2.75, 3.05) is 31.2 Å². The number of aryl methyl sites for hydroxylation is 1. The molecule has 1 aromatic heterocycles. The molecule has 25 heavy (non-hydrogen) atoms. The van der Waals surface area contributed by atoms with E-state index in [9.17, 15) is 4.79 Å². The number of fused-ring (bicyclic) bond motifs is 1. The van der Waals surface area contributed by atoms with Crippen LogP contribution in [0.4, 0.5) is 5.88 Å². The van der Waals surface area contributed by atoms with Gasteiger partial charge in [0, 0.05) is 24.7 Å². The zero-order chi connectivity index (χ0) is 17.2. The van der Waals surface area contributed by atoms with Crippen LogP contribution in [0.15, 0.2) is 57.7 Å². The first-order chi connectivity index (χ1) is 12.3. The normalized spacial score (nSPS) is 14.8. The summed E-state index contributed by atoms with van der Waals surface area (Å²) in [7, 11) is 0. The molecule has 1 aliphatic rings. The van der Waals surface area contributed by atoms with Crippen molar-refractivity contribution in [1.82, 2.24) is 0 Å². The zero-order valence-corrected chi connectivity index (χ0v) is 14.3. The van der Waals surface area contributed by atoms with Crippen molar-refractivity contribution in [2.45, 2.75) is 13.3 Å². The summed E-state index contributed by atoms with van der Waals surface area (Å²) in [5.74, 6) is 0.624. The van der Waals surface area contributed by atoms with E-state index in [1.165, 1.54) is 5.56 Å². The number of hydrogen-bond acceptors (Lipinski definition) is 4. The van der Waals surface area contributed by atoms with Crippen LogP contribution >= 0.6 is 0 Å². The number of ether oxygens (including phenoxy) is 1. The summed E-state index contributed by atoms with van der Waals surface area (Å²) < 4.78 is 11.6. The number of hydrogen-bond donors (Lipinski definition) is 0. The highest BCUT2D eigenvalue weighted by atomic mass is 16.5. The van der Waals surface area contributed by atoms with E-state index >= 15 is 0 Å². The largest absolute Gasteiger partial charge is 0.440 e. The van der Waals surface area contributed by atoms with E-state index in [-0.39, 0.29) is 5.43 Å². The Morgan fingerprint density at radius 1 is 1.04 bits per heavy atom. The average molecular weight is 335 g/mol. The third kappa shape index (κ3) is 3.05. The van der Waals surface area contributed by atoms with E-state index in [1.807, 2.05) is 18.2 Å². The average Bonchev–Trinajstić information content (AvgIpc) is 2.68. The van der Waals surface area contributed by atoms with Crippen molar-refractivity contribution in [3.8, 4) is 11.1 Å². The minimum atomic E-state index is -0.00484. The van der Waals surface area contributed by atoms with Gasteiger partial charge in [0.15, 0.2) is 11.3 Å². The first kappa shape index (κ1) is 15.9. The number of morpholine rings is 1. The molecular weight excluding hydrogens is 314 g/mol. The molecule has 0 saturated carbocycles. The molecule has 0 spiro atoms. The third-order valence-electron chi connectivity index (χ3n) is 4.74. The van der Waals surface area contributed by atoms with E-state index in [0.717, 1.165) is 30.6 Å². The lowest BCUT2D eigenvalue weighted by Gasteiger charge is -2.27. The Labute approximate surface area is 146 Å². The van der Waals surface area contributed by atoms with Crippen LogP contribution in [0.2, 0.25) is 0 Å². The van der Waals surface area contributed by atoms with Gasteiger partial charge in [0.25, 0.3) is 0 Å². The molecule has 4 heteroatoms. The highest BCUT2D eigenvalue weighted by Crippen LogP contribution is 2.30. The van der Waals surface area contributed by atoms with E-state index in [2.05, 4.69) is 36.1 Å². The molecule has 4 nitrogen and oxygen atoms in total. The van der Waals surface area contributed by atoms with Crippen LogP contribution in [0.1, 0.15) is 12.5 Å². The summed E-state index contributed by atoms with van der Waals surface area (Å²) in [6.07, 6.45) is 1.01. The Morgan fingerprint density at radius 3 is 2.52 bits per heavy atom. The molecule has 1 fully saturated rings. The van der Waals surface area contributed by atoms with Gasteiger partial charge in [-0.2, -0.15) is 0 Å². The summed E-state index contributed by atoms with van der Waals surface area (Å²) in [6, 6.07) is 15.8. The van der Waals surface area contributed by atoms with Crippen LogP contribution in [-0.2, 0) is 11.2 Å².